The number of hydrogen-bond acceptors (Lipinski definition) is 7. The van der Waals surface area contributed by atoms with Gasteiger partial charge in [0.1, 0.15) is 11.2 Å². The fourth-order valence-electron chi connectivity index (χ4n) is 22.9. The second kappa shape index (κ2) is 36.3. The van der Waals surface area contributed by atoms with Crippen LogP contribution in [0.25, 0.3) is 205 Å². The molecule has 0 fully saturated rings. The highest BCUT2D eigenvalue weighted by molar-refractivity contribution is 7.27. The average molecular weight is 1910 g/mol. The first-order chi connectivity index (χ1) is 72.9. The maximum absolute atomic E-state index is 6.25. The largest absolute Gasteiger partial charge is 0.456 e. The lowest BCUT2D eigenvalue weighted by atomic mass is 9.87. The van der Waals surface area contributed by atoms with Crippen LogP contribution in [-0.4, -0.2) is 0 Å². The van der Waals surface area contributed by atoms with Gasteiger partial charge in [0.05, 0.1) is 43.5 Å². The van der Waals surface area contributed by atoms with Gasteiger partial charge in [0.15, 0.2) is 0 Å². The van der Waals surface area contributed by atoms with Crippen LogP contribution >= 0.6 is 22.7 Å². The Kier molecular flexibility index (Phi) is 21.3. The molecule has 0 aliphatic heterocycles. The van der Waals surface area contributed by atoms with Gasteiger partial charge in [0.25, 0.3) is 0 Å². The molecule has 0 saturated heterocycles. The molecule has 0 atom stereocenters. The average Bonchev–Trinajstić information content (AvgIpc) is 1.61. The minimum absolute atomic E-state index is 0.888. The van der Waals surface area contributed by atoms with Gasteiger partial charge in [-0.05, 0) is 260 Å². The quantitative estimate of drug-likeness (QED) is 0.0752. The third kappa shape index (κ3) is 15.0. The number of anilines is 12. The van der Waals surface area contributed by atoms with Gasteiger partial charge < -0.3 is 24.0 Å². The number of rotatable bonds is 19. The summed E-state index contributed by atoms with van der Waals surface area (Å²) in [6.07, 6.45) is 0. The van der Waals surface area contributed by atoms with E-state index in [-0.39, 0.29) is 0 Å². The zero-order valence-corrected chi connectivity index (χ0v) is 81.6. The van der Waals surface area contributed by atoms with Crippen molar-refractivity contribution < 1.29 is 4.42 Å². The smallest absolute Gasteiger partial charge is 0.135 e. The van der Waals surface area contributed by atoms with Crippen molar-refractivity contribution in [3.05, 3.63) is 546 Å². The molecule has 0 bridgehead atoms. The van der Waals surface area contributed by atoms with E-state index in [1.807, 2.05) is 34.8 Å². The van der Waals surface area contributed by atoms with Crippen molar-refractivity contribution in [3.63, 3.8) is 0 Å². The molecule has 3 aromatic heterocycles. The lowest BCUT2D eigenvalue weighted by Gasteiger charge is -2.29. The summed E-state index contributed by atoms with van der Waals surface area (Å²) in [5, 5.41) is 22.4. The topological polar surface area (TPSA) is 26.1 Å². The fourth-order valence-corrected chi connectivity index (χ4v) is 25.3. The summed E-state index contributed by atoms with van der Waals surface area (Å²) in [4.78, 5) is 9.71. The Hall–Kier alpha value is -18.8. The molecule has 0 unspecified atom stereocenters. The van der Waals surface area contributed by atoms with Gasteiger partial charge in [0.2, 0.25) is 0 Å². The van der Waals surface area contributed by atoms with Gasteiger partial charge in [-0.15, -0.1) is 22.7 Å². The molecular formula is C140H90N4OS2. The molecule has 0 amide bonds. The van der Waals surface area contributed by atoms with E-state index < -0.39 is 0 Å². The Morgan fingerprint density at radius 1 is 0.143 bits per heavy atom. The lowest BCUT2D eigenvalue weighted by Crippen LogP contribution is -2.11. The van der Waals surface area contributed by atoms with Gasteiger partial charge in [-0.3, -0.25) is 0 Å². The molecule has 29 rings (SSSR count). The maximum atomic E-state index is 6.25. The van der Waals surface area contributed by atoms with Gasteiger partial charge >= 0.3 is 0 Å². The molecule has 7 heteroatoms. The van der Waals surface area contributed by atoms with Gasteiger partial charge in [-0.2, -0.15) is 0 Å². The van der Waals surface area contributed by atoms with E-state index in [2.05, 4.69) is 553 Å². The molecule has 0 N–H and O–H groups in total. The minimum Gasteiger partial charge on any atom is -0.456 e. The number of para-hydroxylation sites is 5. The highest BCUT2D eigenvalue weighted by Crippen LogP contribution is 2.55. The van der Waals surface area contributed by atoms with Crippen molar-refractivity contribution in [1.29, 1.82) is 0 Å². The highest BCUT2D eigenvalue weighted by Gasteiger charge is 2.29. The summed E-state index contributed by atoms with van der Waals surface area (Å²) in [6.45, 7) is 0. The van der Waals surface area contributed by atoms with E-state index >= 15 is 0 Å². The van der Waals surface area contributed by atoms with E-state index in [9.17, 15) is 0 Å². The van der Waals surface area contributed by atoms with Gasteiger partial charge in [-0.25, -0.2) is 0 Å². The van der Waals surface area contributed by atoms with E-state index in [1.165, 1.54) is 189 Å². The summed E-state index contributed by atoms with van der Waals surface area (Å²) in [5.74, 6) is 0. The Bertz CT molecular complexity index is 10100. The highest BCUT2D eigenvalue weighted by atomic mass is 32.1. The van der Waals surface area contributed by atoms with Crippen molar-refractivity contribution in [1.82, 2.24) is 0 Å². The van der Waals surface area contributed by atoms with Crippen LogP contribution in [0.15, 0.2) is 550 Å². The third-order valence-corrected chi connectivity index (χ3v) is 32.1. The van der Waals surface area contributed by atoms with Crippen molar-refractivity contribution in [2.75, 3.05) is 19.6 Å². The molecule has 0 spiro atoms. The second-order valence-corrected chi connectivity index (χ2v) is 40.0. The van der Waals surface area contributed by atoms with Crippen LogP contribution < -0.4 is 19.6 Å². The molecule has 688 valence electrons. The van der Waals surface area contributed by atoms with E-state index in [1.54, 1.807) is 0 Å². The van der Waals surface area contributed by atoms with Crippen LogP contribution in [0, 0.1) is 0 Å². The van der Waals surface area contributed by atoms with Crippen molar-refractivity contribution in [2.45, 2.75) is 0 Å². The zero-order valence-electron chi connectivity index (χ0n) is 80.0. The zero-order chi connectivity index (χ0) is 96.9. The molecule has 5 nitrogen and oxygen atoms in total. The van der Waals surface area contributed by atoms with Crippen LogP contribution in [0.4, 0.5) is 68.2 Å². The molecule has 3 heterocycles. The van der Waals surface area contributed by atoms with E-state index in [4.69, 9.17) is 4.42 Å². The van der Waals surface area contributed by atoms with Crippen molar-refractivity contribution in [2.24, 2.45) is 0 Å². The molecule has 147 heavy (non-hydrogen) atoms. The molecular weight excluding hydrogens is 1820 g/mol. The second-order valence-electron chi connectivity index (χ2n) is 37.9. The molecule has 29 aromatic rings. The van der Waals surface area contributed by atoms with Crippen LogP contribution in [0.1, 0.15) is 0 Å². The fraction of sp³-hybridized carbons (Fsp3) is 0. The monoisotopic (exact) mass is 1910 g/mol. The van der Waals surface area contributed by atoms with Crippen molar-refractivity contribution >= 4 is 218 Å². The Morgan fingerprint density at radius 2 is 0.449 bits per heavy atom. The molecule has 0 aliphatic carbocycles. The predicted octanol–water partition coefficient (Wildman–Crippen LogP) is 41.4. The van der Waals surface area contributed by atoms with Gasteiger partial charge in [-0.1, -0.05) is 406 Å². The number of nitrogens with zero attached hydrogens (tertiary/aromatic N) is 4. The number of hydrogen-bond donors (Lipinski definition) is 0. The lowest BCUT2D eigenvalue weighted by molar-refractivity contribution is 0.669. The Morgan fingerprint density at radius 3 is 0.925 bits per heavy atom. The molecule has 0 saturated carbocycles. The predicted molar refractivity (Wildman–Crippen MR) is 630 cm³/mol. The number of fused-ring (bicyclic) bond motifs is 9. The minimum atomic E-state index is 0.888. The first-order valence-corrected chi connectivity index (χ1v) is 51.9. The van der Waals surface area contributed by atoms with Crippen LogP contribution in [-0.2, 0) is 0 Å². The SMILES string of the molecule is c1ccc(-c2ccc(N(c3ccc(-c4ccc5ccc6c(-c7ccc(N(c8ccccc8-c8ccccc8)c8cccc9c8sc8ccccc89)cc7)ccc7ccc4c5c76)cc3)c3cccc4c3sc3ccccc34)c(-c3ccccc3)c2)cc1.c1ccc(-c2ccccc2N(c2ccccc2)c2ccc(-c3ccc4ccc5c(N(c6ccccc6)c6ccc7oc8ccccc8c7c6)ccc6ccc3c4c65)cc2)cc1. The third-order valence-electron chi connectivity index (χ3n) is 29.6. The first kappa shape index (κ1) is 86.2. The van der Waals surface area contributed by atoms with E-state index in [0.717, 1.165) is 84.5 Å². The normalized spacial score (nSPS) is 11.7. The van der Waals surface area contributed by atoms with E-state index in [0.29, 0.717) is 0 Å². The standard InChI is InChI=1S/C82H52N2S2.C58H38N2O/c1-4-18-53(19-5-1)60-42-51-74(72(52-60)55-22-8-3-9-23-55)84(76-31-17-28-71-67-26-12-15-33-78(67)86-82(71)76)62-45-36-57(37-46-62)64-48-39-59-40-49-68-63(47-38-58-41-50-69(64)80(59)79(58)68)56-34-43-61(44-35-56)83(73-29-13-10-24-65(73)54-20-6-2-7-21-54)75-30-16-27-70-66-25-11-14-32-77(66)85-81(70)75;1-4-14-39(15-5-1)48-20-10-12-22-53(48)59(43-16-6-2-7-17-43)45-30-24-40(25-31-45)47-33-26-41-28-35-51-54(36-29-42-27-34-50(47)57(41)58(42)51)60(44-18-8-3-9-19-44)46-32-37-56-52(38-46)49-21-11-13-23-55(49)61-56/h1-52H;1-38H. The Balaban J connectivity index is 0.000000151. The van der Waals surface area contributed by atoms with Gasteiger partial charge in [0, 0.05) is 97.9 Å². The first-order valence-electron chi connectivity index (χ1n) is 50.2. The number of benzene rings is 26. The summed E-state index contributed by atoms with van der Waals surface area (Å²) in [5.41, 5.74) is 31.9. The molecule has 26 aromatic carbocycles. The van der Waals surface area contributed by atoms with Crippen LogP contribution in [0.3, 0.4) is 0 Å². The summed E-state index contributed by atoms with van der Waals surface area (Å²) < 4.78 is 11.4. The number of thiophene rings is 2. The summed E-state index contributed by atoms with van der Waals surface area (Å²) >= 11 is 3.74. The maximum Gasteiger partial charge on any atom is 0.135 e. The summed E-state index contributed by atoms with van der Waals surface area (Å²) in [6, 6.07) is 199. The number of furan rings is 1. The Labute approximate surface area is 859 Å². The van der Waals surface area contributed by atoms with Crippen LogP contribution in [0.5, 0.6) is 0 Å². The summed E-state index contributed by atoms with van der Waals surface area (Å²) in [7, 11) is 0. The molecule has 0 aliphatic rings. The van der Waals surface area contributed by atoms with Crippen molar-refractivity contribution in [3.8, 4) is 77.9 Å². The molecule has 0 radical (unpaired) electrons. The van der Waals surface area contributed by atoms with Crippen LogP contribution in [0.2, 0.25) is 0 Å².